The van der Waals surface area contributed by atoms with Gasteiger partial charge in [-0.1, -0.05) is 13.0 Å². The molecule has 2 rings (SSSR count). The van der Waals surface area contributed by atoms with E-state index in [9.17, 15) is 9.90 Å². The second-order valence-electron chi connectivity index (χ2n) is 6.03. The van der Waals surface area contributed by atoms with E-state index in [1.165, 1.54) is 0 Å². The number of hydrogen-bond donors (Lipinski definition) is 2. The van der Waals surface area contributed by atoms with Gasteiger partial charge in [-0.05, 0) is 37.0 Å². The zero-order valence-electron chi connectivity index (χ0n) is 14.6. The van der Waals surface area contributed by atoms with Crippen molar-refractivity contribution in [2.45, 2.75) is 38.8 Å². The van der Waals surface area contributed by atoms with Crippen molar-refractivity contribution < 1.29 is 19.4 Å². The Bertz CT molecular complexity index is 526. The third-order valence-electron chi connectivity index (χ3n) is 4.35. The molecule has 1 saturated heterocycles. The van der Waals surface area contributed by atoms with E-state index in [-0.39, 0.29) is 25.2 Å². The smallest absolute Gasteiger partial charge is 0.260 e. The Labute approximate surface area is 143 Å². The maximum Gasteiger partial charge on any atom is 0.260 e. The predicted molar refractivity (Wildman–Crippen MR) is 92.3 cm³/mol. The molecule has 1 aromatic carbocycles. The van der Waals surface area contributed by atoms with Crippen LogP contribution in [0.2, 0.25) is 0 Å². The lowest BCUT2D eigenvalue weighted by atomic mass is 10.1. The van der Waals surface area contributed by atoms with Crippen LogP contribution in [0.25, 0.3) is 0 Å². The molecular weight excluding hydrogens is 308 g/mol. The van der Waals surface area contributed by atoms with Gasteiger partial charge in [0.05, 0.1) is 13.7 Å². The van der Waals surface area contributed by atoms with Crippen molar-refractivity contribution in [1.82, 2.24) is 10.2 Å². The second-order valence-corrected chi connectivity index (χ2v) is 6.03. The standard InChI is InChI=1S/C18H28N2O4/c1-3-15(12-21)19-11-14-6-7-16(17(10-14)23-2)24-13-18(22)20-8-4-5-9-20/h6-7,10,15,19,21H,3-5,8-9,11-13H2,1-2H3/t15-/m0/s1. The van der Waals surface area contributed by atoms with Gasteiger partial charge in [0.2, 0.25) is 0 Å². The number of ether oxygens (including phenoxy) is 2. The highest BCUT2D eigenvalue weighted by Crippen LogP contribution is 2.28. The molecule has 1 amide bonds. The first-order valence-corrected chi connectivity index (χ1v) is 8.59. The minimum absolute atomic E-state index is 0.0222. The monoisotopic (exact) mass is 336 g/mol. The molecule has 1 aliphatic rings. The summed E-state index contributed by atoms with van der Waals surface area (Å²) in [7, 11) is 1.59. The highest BCUT2D eigenvalue weighted by Gasteiger charge is 2.18. The summed E-state index contributed by atoms with van der Waals surface area (Å²) in [6.45, 7) is 4.48. The molecule has 2 N–H and O–H groups in total. The van der Waals surface area contributed by atoms with E-state index in [0.717, 1.165) is 37.9 Å². The van der Waals surface area contributed by atoms with Crippen LogP contribution in [0, 0.1) is 0 Å². The summed E-state index contributed by atoms with van der Waals surface area (Å²) >= 11 is 0. The molecular formula is C18H28N2O4. The summed E-state index contributed by atoms with van der Waals surface area (Å²) < 4.78 is 11.0. The molecule has 0 aliphatic carbocycles. The van der Waals surface area contributed by atoms with E-state index < -0.39 is 0 Å². The molecule has 0 aromatic heterocycles. The van der Waals surface area contributed by atoms with Crippen LogP contribution < -0.4 is 14.8 Å². The van der Waals surface area contributed by atoms with E-state index >= 15 is 0 Å². The molecule has 134 valence electrons. The molecule has 0 saturated carbocycles. The Morgan fingerprint density at radius 2 is 2.08 bits per heavy atom. The van der Waals surface area contributed by atoms with Gasteiger partial charge in [0.15, 0.2) is 18.1 Å². The van der Waals surface area contributed by atoms with Crippen molar-refractivity contribution in [1.29, 1.82) is 0 Å². The van der Waals surface area contributed by atoms with Crippen molar-refractivity contribution in [3.63, 3.8) is 0 Å². The third-order valence-corrected chi connectivity index (χ3v) is 4.35. The average Bonchev–Trinajstić information content (AvgIpc) is 3.15. The van der Waals surface area contributed by atoms with Crippen LogP contribution in [0.1, 0.15) is 31.7 Å². The Balaban J connectivity index is 1.91. The number of amides is 1. The van der Waals surface area contributed by atoms with Crippen LogP contribution in [0.3, 0.4) is 0 Å². The number of aliphatic hydroxyl groups excluding tert-OH is 1. The maximum atomic E-state index is 12.1. The lowest BCUT2D eigenvalue weighted by Gasteiger charge is -2.17. The van der Waals surface area contributed by atoms with Gasteiger partial charge in [-0.2, -0.15) is 0 Å². The Hall–Kier alpha value is -1.79. The SMILES string of the molecule is CC[C@@H](CO)NCc1ccc(OCC(=O)N2CCCC2)c(OC)c1. The summed E-state index contributed by atoms with van der Waals surface area (Å²) in [5, 5.41) is 12.5. The molecule has 0 radical (unpaired) electrons. The van der Waals surface area contributed by atoms with Gasteiger partial charge in [0.25, 0.3) is 5.91 Å². The van der Waals surface area contributed by atoms with Gasteiger partial charge in [0.1, 0.15) is 0 Å². The molecule has 6 nitrogen and oxygen atoms in total. The van der Waals surface area contributed by atoms with Gasteiger partial charge in [-0.25, -0.2) is 0 Å². The van der Waals surface area contributed by atoms with Crippen LogP contribution in [-0.4, -0.2) is 55.4 Å². The number of benzene rings is 1. The number of aliphatic hydroxyl groups is 1. The lowest BCUT2D eigenvalue weighted by molar-refractivity contribution is -0.132. The summed E-state index contributed by atoms with van der Waals surface area (Å²) in [5.74, 6) is 1.21. The van der Waals surface area contributed by atoms with E-state index in [4.69, 9.17) is 9.47 Å². The Kier molecular flexibility index (Phi) is 7.34. The highest BCUT2D eigenvalue weighted by atomic mass is 16.5. The molecule has 0 bridgehead atoms. The number of likely N-dealkylation sites (tertiary alicyclic amines) is 1. The molecule has 24 heavy (non-hydrogen) atoms. The number of hydrogen-bond acceptors (Lipinski definition) is 5. The minimum atomic E-state index is 0.0222. The van der Waals surface area contributed by atoms with Crippen molar-refractivity contribution in [3.8, 4) is 11.5 Å². The highest BCUT2D eigenvalue weighted by molar-refractivity contribution is 5.78. The molecule has 0 spiro atoms. The zero-order chi connectivity index (χ0) is 17.4. The predicted octanol–water partition coefficient (Wildman–Crippen LogP) is 1.56. The Morgan fingerprint density at radius 3 is 2.71 bits per heavy atom. The van der Waals surface area contributed by atoms with Gasteiger partial charge in [0, 0.05) is 25.7 Å². The van der Waals surface area contributed by atoms with E-state index in [1.54, 1.807) is 7.11 Å². The van der Waals surface area contributed by atoms with Crippen LogP contribution >= 0.6 is 0 Å². The van der Waals surface area contributed by atoms with Crippen LogP contribution in [0.15, 0.2) is 18.2 Å². The molecule has 1 aromatic rings. The summed E-state index contributed by atoms with van der Waals surface area (Å²) in [6, 6.07) is 5.75. The fourth-order valence-corrected chi connectivity index (χ4v) is 2.74. The molecule has 6 heteroatoms. The first-order chi connectivity index (χ1) is 11.7. The van der Waals surface area contributed by atoms with Crippen molar-refractivity contribution in [3.05, 3.63) is 23.8 Å². The molecule has 0 unspecified atom stereocenters. The molecule has 1 heterocycles. The van der Waals surface area contributed by atoms with E-state index in [2.05, 4.69) is 5.32 Å². The van der Waals surface area contributed by atoms with Crippen LogP contribution in [0.5, 0.6) is 11.5 Å². The minimum Gasteiger partial charge on any atom is -0.493 e. The van der Waals surface area contributed by atoms with E-state index in [0.29, 0.717) is 18.0 Å². The number of carbonyl (C=O) groups is 1. The molecule has 1 fully saturated rings. The molecule has 1 atom stereocenters. The molecule has 1 aliphatic heterocycles. The van der Waals surface area contributed by atoms with Crippen molar-refractivity contribution in [2.75, 3.05) is 33.4 Å². The first kappa shape index (κ1) is 18.5. The largest absolute Gasteiger partial charge is 0.493 e. The fourth-order valence-electron chi connectivity index (χ4n) is 2.74. The van der Waals surface area contributed by atoms with Gasteiger partial charge >= 0.3 is 0 Å². The van der Waals surface area contributed by atoms with Crippen LogP contribution in [0.4, 0.5) is 0 Å². The van der Waals surface area contributed by atoms with Crippen molar-refractivity contribution >= 4 is 5.91 Å². The second kappa shape index (κ2) is 9.49. The quantitative estimate of drug-likeness (QED) is 0.716. The maximum absolute atomic E-state index is 12.1. The zero-order valence-corrected chi connectivity index (χ0v) is 14.6. The fraction of sp³-hybridized carbons (Fsp3) is 0.611. The number of nitrogens with zero attached hydrogens (tertiary/aromatic N) is 1. The van der Waals surface area contributed by atoms with E-state index in [1.807, 2.05) is 30.0 Å². The number of rotatable bonds is 9. The third kappa shape index (κ3) is 5.11. The number of nitrogens with one attached hydrogen (secondary N) is 1. The topological polar surface area (TPSA) is 71.0 Å². The van der Waals surface area contributed by atoms with Crippen LogP contribution in [-0.2, 0) is 11.3 Å². The number of carbonyl (C=O) groups excluding carboxylic acids is 1. The average molecular weight is 336 g/mol. The summed E-state index contributed by atoms with van der Waals surface area (Å²) in [4.78, 5) is 13.9. The number of methoxy groups -OCH3 is 1. The summed E-state index contributed by atoms with van der Waals surface area (Å²) in [5.41, 5.74) is 1.04. The first-order valence-electron chi connectivity index (χ1n) is 8.59. The van der Waals surface area contributed by atoms with Gasteiger partial charge < -0.3 is 24.8 Å². The summed E-state index contributed by atoms with van der Waals surface area (Å²) in [6.07, 6.45) is 3.01. The van der Waals surface area contributed by atoms with Gasteiger partial charge in [-0.3, -0.25) is 4.79 Å². The lowest BCUT2D eigenvalue weighted by Crippen LogP contribution is -2.32. The normalized spacial score (nSPS) is 15.4. The van der Waals surface area contributed by atoms with Crippen molar-refractivity contribution in [2.24, 2.45) is 0 Å². The Morgan fingerprint density at radius 1 is 1.33 bits per heavy atom. The van der Waals surface area contributed by atoms with Gasteiger partial charge in [-0.15, -0.1) is 0 Å².